The molecule has 3 aromatic heterocycles. The minimum atomic E-state index is -0.196. The molecule has 0 unspecified atom stereocenters. The Hall–Kier alpha value is -2.06. The molecule has 0 aliphatic carbocycles. The van der Waals surface area contributed by atoms with Crippen LogP contribution in [0.4, 0.5) is 5.69 Å². The summed E-state index contributed by atoms with van der Waals surface area (Å²) in [6, 6.07) is 1.76. The molecule has 102 valence electrons. The normalized spacial score (nSPS) is 10.8. The van der Waals surface area contributed by atoms with E-state index in [1.54, 1.807) is 17.8 Å². The lowest BCUT2D eigenvalue weighted by Crippen LogP contribution is -2.22. The van der Waals surface area contributed by atoms with E-state index in [-0.39, 0.29) is 5.91 Å². The predicted octanol–water partition coefficient (Wildman–Crippen LogP) is 1.97. The molecule has 0 radical (unpaired) electrons. The Labute approximate surface area is 122 Å². The van der Waals surface area contributed by atoms with E-state index in [4.69, 9.17) is 5.73 Å². The number of amides is 1. The number of thiophene rings is 1. The van der Waals surface area contributed by atoms with Gasteiger partial charge in [0.1, 0.15) is 9.71 Å². The largest absolute Gasteiger partial charge is 0.397 e. The van der Waals surface area contributed by atoms with Gasteiger partial charge in [0.25, 0.3) is 5.91 Å². The molecule has 3 heterocycles. The van der Waals surface area contributed by atoms with Crippen molar-refractivity contribution in [3.63, 3.8) is 0 Å². The van der Waals surface area contributed by atoms with Gasteiger partial charge in [0.05, 0.1) is 29.6 Å². The molecule has 6 nitrogen and oxygen atoms in total. The first-order valence-corrected chi connectivity index (χ1v) is 7.53. The van der Waals surface area contributed by atoms with Crippen LogP contribution in [0.2, 0.25) is 0 Å². The number of aryl methyl sites for hydroxylation is 1. The summed E-state index contributed by atoms with van der Waals surface area (Å²) < 4.78 is 0. The molecular weight excluding hydrogens is 294 g/mol. The molecule has 8 heteroatoms. The van der Waals surface area contributed by atoms with Gasteiger partial charge in [-0.05, 0) is 13.0 Å². The van der Waals surface area contributed by atoms with Crippen LogP contribution < -0.4 is 11.1 Å². The van der Waals surface area contributed by atoms with Crippen molar-refractivity contribution in [3.05, 3.63) is 33.2 Å². The van der Waals surface area contributed by atoms with Crippen molar-refractivity contribution in [2.45, 2.75) is 13.5 Å². The lowest BCUT2D eigenvalue weighted by Gasteiger charge is -2.03. The highest BCUT2D eigenvalue weighted by molar-refractivity contribution is 7.21. The Bertz CT molecular complexity index is 779. The van der Waals surface area contributed by atoms with Crippen LogP contribution in [-0.2, 0) is 6.54 Å². The summed E-state index contributed by atoms with van der Waals surface area (Å²) in [5.41, 5.74) is 9.15. The smallest absolute Gasteiger partial charge is 0.263 e. The second-order valence-electron chi connectivity index (χ2n) is 4.14. The summed E-state index contributed by atoms with van der Waals surface area (Å²) >= 11 is 2.77. The second kappa shape index (κ2) is 5.14. The van der Waals surface area contributed by atoms with Crippen molar-refractivity contribution in [2.75, 3.05) is 5.73 Å². The Kier molecular flexibility index (Phi) is 3.33. The molecule has 0 spiro atoms. The number of anilines is 1. The van der Waals surface area contributed by atoms with Crippen molar-refractivity contribution < 1.29 is 4.79 Å². The maximum Gasteiger partial charge on any atom is 0.263 e. The van der Waals surface area contributed by atoms with E-state index in [1.807, 2.05) is 6.92 Å². The molecule has 3 aromatic rings. The van der Waals surface area contributed by atoms with E-state index >= 15 is 0 Å². The number of carbonyl (C=O) groups is 1. The molecule has 0 fully saturated rings. The molecule has 0 aliphatic heterocycles. The summed E-state index contributed by atoms with van der Waals surface area (Å²) in [6.45, 7) is 2.37. The number of fused-ring (bicyclic) bond motifs is 1. The number of thiazole rings is 1. The third-order valence-electron chi connectivity index (χ3n) is 2.88. The van der Waals surface area contributed by atoms with E-state index in [1.165, 1.54) is 22.7 Å². The first-order valence-electron chi connectivity index (χ1n) is 5.83. The lowest BCUT2D eigenvalue weighted by molar-refractivity contribution is 0.0956. The highest BCUT2D eigenvalue weighted by Crippen LogP contribution is 2.31. The summed E-state index contributed by atoms with van der Waals surface area (Å²) in [7, 11) is 0. The van der Waals surface area contributed by atoms with E-state index in [2.05, 4.69) is 20.5 Å². The van der Waals surface area contributed by atoms with E-state index < -0.39 is 0 Å². The van der Waals surface area contributed by atoms with Crippen molar-refractivity contribution in [3.8, 4) is 0 Å². The van der Waals surface area contributed by atoms with Gasteiger partial charge in [0.15, 0.2) is 0 Å². The first-order chi connectivity index (χ1) is 9.66. The number of hydrogen-bond acceptors (Lipinski definition) is 7. The van der Waals surface area contributed by atoms with Gasteiger partial charge in [0.2, 0.25) is 0 Å². The SMILES string of the molecule is Cc1ncsc1CNC(=O)c1sc2nnccc2c1N. The average Bonchev–Trinajstić information content (AvgIpc) is 3.01. The third kappa shape index (κ3) is 2.23. The quantitative estimate of drug-likeness (QED) is 0.771. The molecule has 20 heavy (non-hydrogen) atoms. The Morgan fingerprint density at radius 2 is 2.35 bits per heavy atom. The minimum Gasteiger partial charge on any atom is -0.397 e. The monoisotopic (exact) mass is 305 g/mol. The van der Waals surface area contributed by atoms with Crippen LogP contribution in [-0.4, -0.2) is 21.1 Å². The van der Waals surface area contributed by atoms with Gasteiger partial charge < -0.3 is 11.1 Å². The summed E-state index contributed by atoms with van der Waals surface area (Å²) in [6.07, 6.45) is 1.56. The van der Waals surface area contributed by atoms with Crippen molar-refractivity contribution in [1.82, 2.24) is 20.5 Å². The van der Waals surface area contributed by atoms with Crippen LogP contribution in [0.5, 0.6) is 0 Å². The fraction of sp³-hybridized carbons (Fsp3) is 0.167. The average molecular weight is 305 g/mol. The van der Waals surface area contributed by atoms with Gasteiger partial charge >= 0.3 is 0 Å². The number of nitrogens with two attached hydrogens (primary N) is 1. The molecule has 0 atom stereocenters. The van der Waals surface area contributed by atoms with Gasteiger partial charge in [-0.1, -0.05) is 0 Å². The zero-order chi connectivity index (χ0) is 14.1. The van der Waals surface area contributed by atoms with Gasteiger partial charge in [-0.2, -0.15) is 5.10 Å². The maximum atomic E-state index is 12.2. The molecule has 0 saturated carbocycles. The maximum absolute atomic E-state index is 12.2. The van der Waals surface area contributed by atoms with Crippen molar-refractivity contribution in [2.24, 2.45) is 0 Å². The molecule has 3 rings (SSSR count). The summed E-state index contributed by atoms with van der Waals surface area (Å²) in [4.78, 5) is 18.5. The number of hydrogen-bond donors (Lipinski definition) is 2. The summed E-state index contributed by atoms with van der Waals surface area (Å²) in [5.74, 6) is -0.196. The van der Waals surface area contributed by atoms with Crippen LogP contribution in [0.3, 0.4) is 0 Å². The molecule has 1 amide bonds. The Balaban J connectivity index is 1.82. The van der Waals surface area contributed by atoms with Crippen LogP contribution in [0.1, 0.15) is 20.2 Å². The van der Waals surface area contributed by atoms with Gasteiger partial charge in [0, 0.05) is 10.3 Å². The molecule has 0 aliphatic rings. The lowest BCUT2D eigenvalue weighted by atomic mass is 10.3. The number of rotatable bonds is 3. The standard InChI is InChI=1S/C12H11N5OS2/c1-6-8(19-5-15-6)4-14-11(18)10-9(13)7-2-3-16-17-12(7)20-10/h2-3,5H,4,13H2,1H3,(H,14,18). The first kappa shape index (κ1) is 12.9. The molecular formula is C12H11N5OS2. The fourth-order valence-corrected chi connectivity index (χ4v) is 3.45. The minimum absolute atomic E-state index is 0.196. The number of nitrogen functional groups attached to an aromatic ring is 1. The molecule has 0 saturated heterocycles. The molecule has 3 N–H and O–H groups in total. The Morgan fingerprint density at radius 1 is 1.50 bits per heavy atom. The van der Waals surface area contributed by atoms with E-state index in [0.29, 0.717) is 21.9 Å². The molecule has 0 aromatic carbocycles. The topological polar surface area (TPSA) is 93.8 Å². The van der Waals surface area contributed by atoms with Crippen molar-refractivity contribution >= 4 is 44.5 Å². The number of carbonyl (C=O) groups excluding carboxylic acids is 1. The van der Waals surface area contributed by atoms with Crippen molar-refractivity contribution in [1.29, 1.82) is 0 Å². The second-order valence-corrected chi connectivity index (χ2v) is 6.08. The fourth-order valence-electron chi connectivity index (χ4n) is 1.78. The van der Waals surface area contributed by atoms with Crippen LogP contribution >= 0.6 is 22.7 Å². The highest BCUT2D eigenvalue weighted by Gasteiger charge is 2.17. The third-order valence-corrected chi connectivity index (χ3v) is 4.92. The zero-order valence-electron chi connectivity index (χ0n) is 10.6. The van der Waals surface area contributed by atoms with Crippen LogP contribution in [0.15, 0.2) is 17.8 Å². The Morgan fingerprint density at radius 3 is 3.05 bits per heavy atom. The highest BCUT2D eigenvalue weighted by atomic mass is 32.1. The van der Waals surface area contributed by atoms with Gasteiger partial charge in [-0.3, -0.25) is 4.79 Å². The number of nitrogens with one attached hydrogen (secondary N) is 1. The summed E-state index contributed by atoms with van der Waals surface area (Å²) in [5, 5.41) is 11.4. The number of aromatic nitrogens is 3. The van der Waals surface area contributed by atoms with Crippen LogP contribution in [0, 0.1) is 6.92 Å². The van der Waals surface area contributed by atoms with E-state index in [0.717, 1.165) is 16.0 Å². The van der Waals surface area contributed by atoms with Gasteiger partial charge in [-0.25, -0.2) is 4.98 Å². The zero-order valence-corrected chi connectivity index (χ0v) is 12.2. The molecule has 0 bridgehead atoms. The number of nitrogens with zero attached hydrogens (tertiary/aromatic N) is 3. The van der Waals surface area contributed by atoms with Crippen LogP contribution in [0.25, 0.3) is 10.2 Å². The van der Waals surface area contributed by atoms with Gasteiger partial charge in [-0.15, -0.1) is 27.8 Å². The van der Waals surface area contributed by atoms with E-state index in [9.17, 15) is 4.79 Å². The predicted molar refractivity (Wildman–Crippen MR) is 79.8 cm³/mol.